The first-order chi connectivity index (χ1) is 16.1. The second-order valence-electron chi connectivity index (χ2n) is 8.64. The maximum Gasteiger partial charge on any atom is 0.417 e. The van der Waals surface area contributed by atoms with Gasteiger partial charge >= 0.3 is 5.76 Å². The van der Waals surface area contributed by atoms with E-state index in [1.54, 1.807) is 24.3 Å². The Hall–Kier alpha value is -4.48. The minimum atomic E-state index is -0.580. The number of carbonyl (C=O) groups excluding carboxylic acids is 3. The van der Waals surface area contributed by atoms with Gasteiger partial charge in [-0.15, -0.1) is 0 Å². The first-order valence-corrected chi connectivity index (χ1v) is 10.4. The van der Waals surface area contributed by atoms with E-state index in [1.807, 2.05) is 20.8 Å². The van der Waals surface area contributed by atoms with E-state index in [0.717, 1.165) is 5.56 Å². The highest BCUT2D eigenvalue weighted by Gasteiger charge is 2.19. The number of nitrogens with zero attached hydrogens (tertiary/aromatic N) is 3. The highest BCUT2D eigenvalue weighted by molar-refractivity contribution is 5.99. The zero-order valence-corrected chi connectivity index (χ0v) is 18.8. The van der Waals surface area contributed by atoms with Crippen LogP contribution in [-0.2, 0) is 11.3 Å². The van der Waals surface area contributed by atoms with Crippen LogP contribution < -0.4 is 21.7 Å². The predicted octanol–water partition coefficient (Wildman–Crippen LogP) is 0.738. The first kappa shape index (κ1) is 22.7. The fourth-order valence-electron chi connectivity index (χ4n) is 3.29. The third-order valence-corrected chi connectivity index (χ3v) is 4.69. The van der Waals surface area contributed by atoms with E-state index in [9.17, 15) is 19.2 Å². The van der Waals surface area contributed by atoms with Crippen molar-refractivity contribution >= 4 is 34.5 Å². The number of aromatic nitrogens is 4. The maximum atomic E-state index is 12.8. The Morgan fingerprint density at radius 2 is 1.88 bits per heavy atom. The van der Waals surface area contributed by atoms with Crippen LogP contribution in [0.15, 0.2) is 45.7 Å². The molecule has 0 aliphatic carbocycles. The molecular formula is C22H23N7O5. The van der Waals surface area contributed by atoms with Crippen molar-refractivity contribution in [3.63, 3.8) is 0 Å². The first-order valence-electron chi connectivity index (χ1n) is 10.4. The van der Waals surface area contributed by atoms with Crippen molar-refractivity contribution in [2.75, 3.05) is 6.54 Å². The number of H-pyrrole nitrogens is 1. The van der Waals surface area contributed by atoms with Gasteiger partial charge in [-0.2, -0.15) is 5.10 Å². The van der Waals surface area contributed by atoms with Gasteiger partial charge in [-0.3, -0.25) is 19.4 Å². The van der Waals surface area contributed by atoms with E-state index < -0.39 is 23.1 Å². The number of hydrogen-bond donors (Lipinski definition) is 4. The number of hydrogen-bond acceptors (Lipinski definition) is 7. The molecule has 0 radical (unpaired) electrons. The number of oxazole rings is 1. The van der Waals surface area contributed by atoms with E-state index >= 15 is 0 Å². The van der Waals surface area contributed by atoms with Crippen molar-refractivity contribution in [1.82, 2.24) is 35.5 Å². The normalized spacial score (nSPS) is 11.5. The van der Waals surface area contributed by atoms with Gasteiger partial charge in [-0.25, -0.2) is 14.3 Å². The monoisotopic (exact) mass is 465 g/mol. The molecule has 12 heteroatoms. The number of carbonyl (C=O) groups is 3. The SMILES string of the molecule is CC(C)(C)NC(=O)CNC(=O)c1cc(C(=O)NCc2ccc3oc(=O)[nH]c3c2)nc2ccnn12. The van der Waals surface area contributed by atoms with Crippen molar-refractivity contribution < 1.29 is 18.8 Å². The zero-order chi connectivity index (χ0) is 24.5. The lowest BCUT2D eigenvalue weighted by Gasteiger charge is -2.20. The number of aromatic amines is 1. The summed E-state index contributed by atoms with van der Waals surface area (Å²) < 4.78 is 6.25. The Kier molecular flexibility index (Phi) is 5.88. The van der Waals surface area contributed by atoms with E-state index in [-0.39, 0.29) is 30.4 Å². The molecular weight excluding hydrogens is 442 g/mol. The number of fused-ring (bicyclic) bond motifs is 2. The van der Waals surface area contributed by atoms with E-state index in [4.69, 9.17) is 4.42 Å². The maximum absolute atomic E-state index is 12.8. The molecule has 1 aromatic carbocycles. The summed E-state index contributed by atoms with van der Waals surface area (Å²) in [6.07, 6.45) is 1.45. The van der Waals surface area contributed by atoms with Crippen molar-refractivity contribution in [2.45, 2.75) is 32.9 Å². The van der Waals surface area contributed by atoms with Gasteiger partial charge in [0.15, 0.2) is 11.2 Å². The Balaban J connectivity index is 1.48. The molecule has 176 valence electrons. The van der Waals surface area contributed by atoms with Crippen LogP contribution >= 0.6 is 0 Å². The lowest BCUT2D eigenvalue weighted by Crippen LogP contribution is -2.46. The van der Waals surface area contributed by atoms with Crippen LogP contribution in [0.3, 0.4) is 0 Å². The van der Waals surface area contributed by atoms with Crippen LogP contribution in [0.1, 0.15) is 47.3 Å². The molecule has 0 spiro atoms. The number of benzene rings is 1. The minimum absolute atomic E-state index is 0.00934. The molecule has 0 aliphatic heterocycles. The Morgan fingerprint density at radius 3 is 2.65 bits per heavy atom. The highest BCUT2D eigenvalue weighted by Crippen LogP contribution is 2.13. The molecule has 0 aliphatic rings. The number of rotatable bonds is 6. The van der Waals surface area contributed by atoms with E-state index in [2.05, 4.69) is 31.0 Å². The number of amides is 3. The van der Waals surface area contributed by atoms with Gasteiger partial charge in [0.1, 0.15) is 11.4 Å². The molecule has 0 unspecified atom stereocenters. The Morgan fingerprint density at radius 1 is 1.09 bits per heavy atom. The predicted molar refractivity (Wildman–Crippen MR) is 121 cm³/mol. The highest BCUT2D eigenvalue weighted by atomic mass is 16.4. The lowest BCUT2D eigenvalue weighted by atomic mass is 10.1. The molecule has 0 atom stereocenters. The summed E-state index contributed by atoms with van der Waals surface area (Å²) in [6.45, 7) is 5.42. The molecule has 0 fully saturated rings. The molecule has 3 amide bonds. The molecule has 0 bridgehead atoms. The van der Waals surface area contributed by atoms with Gasteiger partial charge in [-0.05, 0) is 38.5 Å². The van der Waals surface area contributed by atoms with E-state index in [0.29, 0.717) is 16.7 Å². The molecule has 4 rings (SSSR count). The lowest BCUT2D eigenvalue weighted by molar-refractivity contribution is -0.121. The van der Waals surface area contributed by atoms with Crippen LogP contribution in [0.25, 0.3) is 16.7 Å². The summed E-state index contributed by atoms with van der Waals surface area (Å²) in [7, 11) is 0. The molecule has 12 nitrogen and oxygen atoms in total. The quantitative estimate of drug-likeness (QED) is 0.326. The minimum Gasteiger partial charge on any atom is -0.408 e. The van der Waals surface area contributed by atoms with Gasteiger partial charge in [0.05, 0.1) is 18.3 Å². The fraction of sp³-hybridized carbons (Fsp3) is 0.273. The van der Waals surface area contributed by atoms with Gasteiger partial charge in [0, 0.05) is 24.2 Å². The van der Waals surface area contributed by atoms with Crippen molar-refractivity contribution in [1.29, 1.82) is 0 Å². The average molecular weight is 465 g/mol. The van der Waals surface area contributed by atoms with Gasteiger partial charge in [0.25, 0.3) is 11.8 Å². The third-order valence-electron chi connectivity index (χ3n) is 4.69. The third kappa shape index (κ3) is 5.11. The summed E-state index contributed by atoms with van der Waals surface area (Å²) in [5.41, 5.74) is 1.60. The topological polar surface area (TPSA) is 163 Å². The standard InChI is InChI=1S/C22H23N7O5/c1-22(2,3)28-18(30)11-24-20(32)15-9-14(26-17-6-7-25-29(15)17)19(31)23-10-12-4-5-16-13(8-12)27-21(33)34-16/h4-9H,10-11H2,1-3H3,(H,23,31)(H,24,32)(H,27,33)(H,28,30). The molecule has 4 aromatic rings. The smallest absolute Gasteiger partial charge is 0.408 e. The summed E-state index contributed by atoms with van der Waals surface area (Å²) in [5, 5.41) is 12.1. The van der Waals surface area contributed by atoms with Crippen LogP contribution in [-0.4, -0.2) is 49.4 Å². The summed E-state index contributed by atoms with van der Waals surface area (Å²) >= 11 is 0. The zero-order valence-electron chi connectivity index (χ0n) is 18.8. The molecule has 3 heterocycles. The second kappa shape index (κ2) is 8.81. The molecule has 0 saturated carbocycles. The molecule has 0 saturated heterocycles. The Bertz CT molecular complexity index is 1460. The molecule has 34 heavy (non-hydrogen) atoms. The van der Waals surface area contributed by atoms with Crippen molar-refractivity contribution in [3.8, 4) is 0 Å². The van der Waals surface area contributed by atoms with Crippen molar-refractivity contribution in [3.05, 3.63) is 64.0 Å². The van der Waals surface area contributed by atoms with Crippen LogP contribution in [0.4, 0.5) is 0 Å². The number of nitrogens with one attached hydrogen (secondary N) is 4. The van der Waals surface area contributed by atoms with Crippen LogP contribution in [0.5, 0.6) is 0 Å². The fourth-order valence-corrected chi connectivity index (χ4v) is 3.29. The summed E-state index contributed by atoms with van der Waals surface area (Å²) in [5.74, 6) is -2.00. The molecule has 4 N–H and O–H groups in total. The van der Waals surface area contributed by atoms with Gasteiger partial charge < -0.3 is 20.4 Å². The summed E-state index contributed by atoms with van der Waals surface area (Å²) in [4.78, 5) is 55.7. The van der Waals surface area contributed by atoms with Gasteiger partial charge in [-0.1, -0.05) is 6.07 Å². The van der Waals surface area contributed by atoms with Crippen LogP contribution in [0.2, 0.25) is 0 Å². The average Bonchev–Trinajstić information content (AvgIpc) is 3.38. The Labute approximate surface area is 192 Å². The van der Waals surface area contributed by atoms with E-state index in [1.165, 1.54) is 16.8 Å². The molecule has 3 aromatic heterocycles. The van der Waals surface area contributed by atoms with Crippen molar-refractivity contribution in [2.24, 2.45) is 0 Å². The largest absolute Gasteiger partial charge is 0.417 e. The van der Waals surface area contributed by atoms with Gasteiger partial charge in [0.2, 0.25) is 5.91 Å². The van der Waals surface area contributed by atoms with Crippen LogP contribution in [0, 0.1) is 0 Å². The summed E-state index contributed by atoms with van der Waals surface area (Å²) in [6, 6.07) is 7.90. The second-order valence-corrected chi connectivity index (χ2v) is 8.64.